The Kier molecular flexibility index (Phi) is 4.08. The summed E-state index contributed by atoms with van der Waals surface area (Å²) in [4.78, 5) is 9.71. The summed E-state index contributed by atoms with van der Waals surface area (Å²) in [6.07, 6.45) is 0. The van der Waals surface area contributed by atoms with Crippen LogP contribution in [-0.4, -0.2) is 48.6 Å². The van der Waals surface area contributed by atoms with Crippen molar-refractivity contribution < 1.29 is 0 Å². The average molecular weight is 284 g/mol. The third-order valence-corrected chi connectivity index (χ3v) is 4.51. The Morgan fingerprint density at radius 3 is 2.62 bits per heavy atom. The zero-order chi connectivity index (χ0) is 14.8. The molecule has 1 aromatic carbocycles. The minimum atomic E-state index is 0.471. The van der Waals surface area contributed by atoms with Crippen LogP contribution in [0.15, 0.2) is 30.3 Å². The van der Waals surface area contributed by atoms with E-state index in [4.69, 9.17) is 10.7 Å². The lowest BCUT2D eigenvalue weighted by molar-refractivity contribution is 0.201. The summed E-state index contributed by atoms with van der Waals surface area (Å²) >= 11 is 0. The highest BCUT2D eigenvalue weighted by molar-refractivity contribution is 5.83. The maximum Gasteiger partial charge on any atom is 0.129 e. The van der Waals surface area contributed by atoms with Crippen LogP contribution in [0, 0.1) is 6.92 Å². The fraction of sp³-hybridized carbons (Fsp3) is 0.471. The molecular weight excluding hydrogens is 260 g/mol. The number of piperazine rings is 1. The number of benzene rings is 1. The molecule has 1 atom stereocenters. The molecule has 4 nitrogen and oxygen atoms in total. The second kappa shape index (κ2) is 6.00. The summed E-state index contributed by atoms with van der Waals surface area (Å²) in [6, 6.07) is 11.1. The lowest BCUT2D eigenvalue weighted by Crippen LogP contribution is -2.51. The first-order valence-electron chi connectivity index (χ1n) is 7.74. The number of para-hydroxylation sites is 1. The largest absolute Gasteiger partial charge is 0.354 e. The maximum absolute atomic E-state index is 5.76. The van der Waals surface area contributed by atoms with Crippen LogP contribution in [0.3, 0.4) is 0 Å². The van der Waals surface area contributed by atoms with E-state index in [1.54, 1.807) is 0 Å². The third kappa shape index (κ3) is 2.87. The van der Waals surface area contributed by atoms with Gasteiger partial charge < -0.3 is 10.6 Å². The number of hydrogen-bond acceptors (Lipinski definition) is 4. The summed E-state index contributed by atoms with van der Waals surface area (Å²) < 4.78 is 0. The lowest BCUT2D eigenvalue weighted by atomic mass is 10.1. The lowest BCUT2D eigenvalue weighted by Gasteiger charge is -2.38. The monoisotopic (exact) mass is 284 g/mol. The Morgan fingerprint density at radius 2 is 1.90 bits per heavy atom. The number of fused-ring (bicyclic) bond motifs is 1. The molecule has 2 aromatic rings. The molecule has 112 valence electrons. The van der Waals surface area contributed by atoms with E-state index < -0.39 is 0 Å². The van der Waals surface area contributed by atoms with Gasteiger partial charge in [0.1, 0.15) is 5.82 Å². The van der Waals surface area contributed by atoms with E-state index in [1.165, 1.54) is 10.9 Å². The SMILES string of the molecule is Cc1cccc2ccc(N3CCN(C(C)CN)CC3)nc12. The average Bonchev–Trinajstić information content (AvgIpc) is 2.54. The molecular formula is C17H24N4. The second-order valence-corrected chi connectivity index (χ2v) is 5.92. The molecule has 0 spiro atoms. The van der Waals surface area contributed by atoms with Crippen LogP contribution >= 0.6 is 0 Å². The van der Waals surface area contributed by atoms with Crippen molar-refractivity contribution in [2.24, 2.45) is 5.73 Å². The van der Waals surface area contributed by atoms with Crippen LogP contribution in [0.25, 0.3) is 10.9 Å². The van der Waals surface area contributed by atoms with E-state index in [-0.39, 0.29) is 0 Å². The predicted octanol–water partition coefficient (Wildman–Crippen LogP) is 2.01. The molecule has 0 saturated carbocycles. The Morgan fingerprint density at radius 1 is 1.14 bits per heavy atom. The van der Waals surface area contributed by atoms with Crippen molar-refractivity contribution in [3.05, 3.63) is 35.9 Å². The summed E-state index contributed by atoms with van der Waals surface area (Å²) in [7, 11) is 0. The van der Waals surface area contributed by atoms with Gasteiger partial charge in [-0.1, -0.05) is 18.2 Å². The van der Waals surface area contributed by atoms with E-state index in [0.29, 0.717) is 6.04 Å². The highest BCUT2D eigenvalue weighted by Crippen LogP contribution is 2.22. The van der Waals surface area contributed by atoms with E-state index in [1.807, 2.05) is 0 Å². The number of anilines is 1. The molecule has 0 amide bonds. The summed E-state index contributed by atoms with van der Waals surface area (Å²) in [5.41, 5.74) is 8.12. The fourth-order valence-electron chi connectivity index (χ4n) is 3.00. The smallest absolute Gasteiger partial charge is 0.129 e. The Bertz CT molecular complexity index is 617. The first kappa shape index (κ1) is 14.3. The number of pyridine rings is 1. The van der Waals surface area contributed by atoms with Gasteiger partial charge >= 0.3 is 0 Å². The molecule has 1 aliphatic rings. The van der Waals surface area contributed by atoms with Crippen molar-refractivity contribution in [1.82, 2.24) is 9.88 Å². The molecule has 1 fully saturated rings. The van der Waals surface area contributed by atoms with Gasteiger partial charge in [-0.2, -0.15) is 0 Å². The molecule has 2 heterocycles. The maximum atomic E-state index is 5.76. The van der Waals surface area contributed by atoms with Gasteiger partial charge in [0, 0.05) is 44.2 Å². The summed E-state index contributed by atoms with van der Waals surface area (Å²) in [5.74, 6) is 1.09. The van der Waals surface area contributed by atoms with Gasteiger partial charge in [-0.15, -0.1) is 0 Å². The van der Waals surface area contributed by atoms with Crippen LogP contribution < -0.4 is 10.6 Å². The number of aromatic nitrogens is 1. The molecule has 0 aliphatic carbocycles. The van der Waals surface area contributed by atoms with E-state index >= 15 is 0 Å². The highest BCUT2D eigenvalue weighted by atomic mass is 15.3. The third-order valence-electron chi connectivity index (χ3n) is 4.51. The van der Waals surface area contributed by atoms with Crippen LogP contribution in [0.1, 0.15) is 12.5 Å². The first-order valence-corrected chi connectivity index (χ1v) is 7.74. The quantitative estimate of drug-likeness (QED) is 0.936. The van der Waals surface area contributed by atoms with Crippen LogP contribution in [0.2, 0.25) is 0 Å². The van der Waals surface area contributed by atoms with E-state index in [0.717, 1.165) is 44.1 Å². The number of hydrogen-bond donors (Lipinski definition) is 1. The molecule has 3 rings (SSSR count). The minimum Gasteiger partial charge on any atom is -0.354 e. The van der Waals surface area contributed by atoms with Crippen molar-refractivity contribution in [1.29, 1.82) is 0 Å². The van der Waals surface area contributed by atoms with Crippen molar-refractivity contribution in [2.45, 2.75) is 19.9 Å². The van der Waals surface area contributed by atoms with Gasteiger partial charge in [-0.05, 0) is 31.5 Å². The van der Waals surface area contributed by atoms with Crippen LogP contribution in [0.5, 0.6) is 0 Å². The predicted molar refractivity (Wildman–Crippen MR) is 88.8 cm³/mol. The van der Waals surface area contributed by atoms with E-state index in [9.17, 15) is 0 Å². The molecule has 21 heavy (non-hydrogen) atoms. The topological polar surface area (TPSA) is 45.4 Å². The zero-order valence-corrected chi connectivity index (χ0v) is 12.9. The zero-order valence-electron chi connectivity index (χ0n) is 12.9. The first-order chi connectivity index (χ1) is 10.2. The Balaban J connectivity index is 1.78. The van der Waals surface area contributed by atoms with Crippen molar-refractivity contribution in [3.63, 3.8) is 0 Å². The highest BCUT2D eigenvalue weighted by Gasteiger charge is 2.21. The van der Waals surface area contributed by atoms with Crippen molar-refractivity contribution in [2.75, 3.05) is 37.6 Å². The van der Waals surface area contributed by atoms with Crippen molar-refractivity contribution in [3.8, 4) is 0 Å². The number of aryl methyl sites for hydroxylation is 1. The number of rotatable bonds is 3. The van der Waals surface area contributed by atoms with Gasteiger partial charge in [0.15, 0.2) is 0 Å². The molecule has 0 radical (unpaired) electrons. The van der Waals surface area contributed by atoms with Gasteiger partial charge in [0.2, 0.25) is 0 Å². The van der Waals surface area contributed by atoms with Crippen LogP contribution in [0.4, 0.5) is 5.82 Å². The number of nitrogens with zero attached hydrogens (tertiary/aromatic N) is 3. The molecule has 0 bridgehead atoms. The standard InChI is InChI=1S/C17H24N4/c1-13-4-3-5-15-6-7-16(19-17(13)15)21-10-8-20(9-11-21)14(2)12-18/h3-7,14H,8-12,18H2,1-2H3. The molecule has 4 heteroatoms. The van der Waals surface area contributed by atoms with Gasteiger partial charge in [-0.3, -0.25) is 4.90 Å². The number of nitrogens with two attached hydrogens (primary N) is 1. The molecule has 1 unspecified atom stereocenters. The molecule has 1 saturated heterocycles. The summed E-state index contributed by atoms with van der Waals surface area (Å²) in [6.45, 7) is 9.22. The molecule has 1 aliphatic heterocycles. The van der Waals surface area contributed by atoms with Gasteiger partial charge in [0.05, 0.1) is 5.52 Å². The Hall–Kier alpha value is -1.65. The Labute approximate surface area is 126 Å². The van der Waals surface area contributed by atoms with Crippen LogP contribution in [-0.2, 0) is 0 Å². The van der Waals surface area contributed by atoms with Crippen molar-refractivity contribution >= 4 is 16.7 Å². The normalized spacial score (nSPS) is 18.1. The van der Waals surface area contributed by atoms with Gasteiger partial charge in [0.25, 0.3) is 0 Å². The second-order valence-electron chi connectivity index (χ2n) is 5.92. The fourth-order valence-corrected chi connectivity index (χ4v) is 3.00. The van der Waals surface area contributed by atoms with Gasteiger partial charge in [-0.25, -0.2) is 4.98 Å². The minimum absolute atomic E-state index is 0.471. The summed E-state index contributed by atoms with van der Waals surface area (Å²) in [5, 5.41) is 1.22. The molecule has 2 N–H and O–H groups in total. The van der Waals surface area contributed by atoms with E-state index in [2.05, 4.69) is 54.0 Å². The molecule has 1 aromatic heterocycles.